The molecule has 1 aromatic carbocycles. The molecule has 0 spiro atoms. The molecule has 6 nitrogen and oxygen atoms in total. The quantitative estimate of drug-likeness (QED) is 0.744. The molecule has 156 valence electrons. The van der Waals surface area contributed by atoms with Crippen molar-refractivity contribution in [3.8, 4) is 0 Å². The standard InChI is InChI=1S/C19H21F3N4O2S/c1-12-25-15(11-29-12)9-24-17(27)8-16-18(28)23-5-6-26(16)10-13-3-2-4-14(7-13)19(20,21)22/h2-4,7,11,16H,5-6,8-10H2,1H3,(H,23,28)(H,24,27). The first-order chi connectivity index (χ1) is 13.7. The summed E-state index contributed by atoms with van der Waals surface area (Å²) in [5.41, 5.74) is 0.456. The Morgan fingerprint density at radius 3 is 2.90 bits per heavy atom. The van der Waals surface area contributed by atoms with Gasteiger partial charge in [-0.3, -0.25) is 14.5 Å². The number of aryl methyl sites for hydroxylation is 1. The molecule has 2 aromatic rings. The molecule has 0 saturated carbocycles. The molecule has 1 unspecified atom stereocenters. The van der Waals surface area contributed by atoms with E-state index in [0.717, 1.165) is 22.8 Å². The fourth-order valence-electron chi connectivity index (χ4n) is 3.18. The average Bonchev–Trinajstić information content (AvgIpc) is 3.08. The summed E-state index contributed by atoms with van der Waals surface area (Å²) in [5.74, 6) is -0.616. The van der Waals surface area contributed by atoms with Crippen LogP contribution in [-0.2, 0) is 28.9 Å². The minimum absolute atomic E-state index is 0.0755. The minimum Gasteiger partial charge on any atom is -0.353 e. The number of thiazole rings is 1. The van der Waals surface area contributed by atoms with Crippen molar-refractivity contribution < 1.29 is 22.8 Å². The van der Waals surface area contributed by atoms with Gasteiger partial charge in [0.2, 0.25) is 11.8 Å². The van der Waals surface area contributed by atoms with E-state index in [-0.39, 0.29) is 31.3 Å². The number of hydrogen-bond donors (Lipinski definition) is 2. The topological polar surface area (TPSA) is 74.3 Å². The van der Waals surface area contributed by atoms with Crippen LogP contribution in [0.5, 0.6) is 0 Å². The molecule has 2 N–H and O–H groups in total. The Morgan fingerprint density at radius 1 is 1.41 bits per heavy atom. The van der Waals surface area contributed by atoms with Gasteiger partial charge in [0.05, 0.1) is 35.3 Å². The average molecular weight is 426 g/mol. The van der Waals surface area contributed by atoms with E-state index in [9.17, 15) is 22.8 Å². The Morgan fingerprint density at radius 2 is 2.21 bits per heavy atom. The number of amides is 2. The van der Waals surface area contributed by atoms with Crippen molar-refractivity contribution in [3.63, 3.8) is 0 Å². The van der Waals surface area contributed by atoms with Gasteiger partial charge in [0.25, 0.3) is 0 Å². The maximum atomic E-state index is 12.9. The smallest absolute Gasteiger partial charge is 0.353 e. The Kier molecular flexibility index (Phi) is 6.53. The van der Waals surface area contributed by atoms with Crippen LogP contribution in [0.25, 0.3) is 0 Å². The fraction of sp³-hybridized carbons (Fsp3) is 0.421. The Bertz CT molecular complexity index is 884. The van der Waals surface area contributed by atoms with Gasteiger partial charge in [-0.1, -0.05) is 18.2 Å². The molecule has 2 heterocycles. The lowest BCUT2D eigenvalue weighted by atomic mass is 10.0. The number of rotatable bonds is 6. The second kappa shape index (κ2) is 8.91. The van der Waals surface area contributed by atoms with Crippen LogP contribution in [0.3, 0.4) is 0 Å². The molecule has 0 aliphatic carbocycles. The van der Waals surface area contributed by atoms with Gasteiger partial charge in [-0.2, -0.15) is 13.2 Å². The maximum absolute atomic E-state index is 12.9. The normalized spacial score (nSPS) is 17.8. The van der Waals surface area contributed by atoms with Crippen LogP contribution in [0, 0.1) is 6.92 Å². The highest BCUT2D eigenvalue weighted by Crippen LogP contribution is 2.30. The van der Waals surface area contributed by atoms with E-state index in [1.54, 1.807) is 11.0 Å². The number of benzene rings is 1. The highest BCUT2D eigenvalue weighted by molar-refractivity contribution is 7.09. The van der Waals surface area contributed by atoms with Crippen molar-refractivity contribution in [1.82, 2.24) is 20.5 Å². The van der Waals surface area contributed by atoms with Crippen LogP contribution in [0.4, 0.5) is 13.2 Å². The van der Waals surface area contributed by atoms with Crippen molar-refractivity contribution in [2.75, 3.05) is 13.1 Å². The van der Waals surface area contributed by atoms with Crippen LogP contribution in [0.15, 0.2) is 29.6 Å². The van der Waals surface area contributed by atoms with Crippen LogP contribution in [0.2, 0.25) is 0 Å². The number of alkyl halides is 3. The number of carbonyl (C=O) groups excluding carboxylic acids is 2. The molecule has 1 aliphatic heterocycles. The largest absolute Gasteiger partial charge is 0.416 e. The zero-order valence-electron chi connectivity index (χ0n) is 15.8. The maximum Gasteiger partial charge on any atom is 0.416 e. The van der Waals surface area contributed by atoms with Crippen molar-refractivity contribution in [3.05, 3.63) is 51.5 Å². The molecule has 1 aromatic heterocycles. The fourth-order valence-corrected chi connectivity index (χ4v) is 3.79. The molecule has 1 fully saturated rings. The monoisotopic (exact) mass is 426 g/mol. The van der Waals surface area contributed by atoms with E-state index < -0.39 is 17.8 Å². The number of carbonyl (C=O) groups is 2. The summed E-state index contributed by atoms with van der Waals surface area (Å²) >= 11 is 1.48. The SMILES string of the molecule is Cc1nc(CNC(=O)CC2C(=O)NCCN2Cc2cccc(C(F)(F)F)c2)cs1. The molecule has 1 atom stereocenters. The lowest BCUT2D eigenvalue weighted by Gasteiger charge is -2.34. The zero-order valence-corrected chi connectivity index (χ0v) is 16.6. The Balaban J connectivity index is 1.64. The van der Waals surface area contributed by atoms with E-state index in [2.05, 4.69) is 15.6 Å². The third-order valence-electron chi connectivity index (χ3n) is 4.59. The minimum atomic E-state index is -4.43. The third-order valence-corrected chi connectivity index (χ3v) is 5.42. The molecule has 0 bridgehead atoms. The number of piperazine rings is 1. The molecular weight excluding hydrogens is 405 g/mol. The van der Waals surface area contributed by atoms with Gasteiger partial charge in [0, 0.05) is 25.0 Å². The highest BCUT2D eigenvalue weighted by atomic mass is 32.1. The molecule has 10 heteroatoms. The van der Waals surface area contributed by atoms with Crippen molar-refractivity contribution >= 4 is 23.2 Å². The lowest BCUT2D eigenvalue weighted by Crippen LogP contribution is -2.56. The van der Waals surface area contributed by atoms with E-state index in [0.29, 0.717) is 18.7 Å². The molecule has 2 amide bonds. The summed E-state index contributed by atoms with van der Waals surface area (Å²) in [4.78, 5) is 30.6. The lowest BCUT2D eigenvalue weighted by molar-refractivity contribution is -0.137. The zero-order chi connectivity index (χ0) is 21.0. The predicted octanol–water partition coefficient (Wildman–Crippen LogP) is 2.48. The second-order valence-electron chi connectivity index (χ2n) is 6.81. The summed E-state index contributed by atoms with van der Waals surface area (Å²) in [6.45, 7) is 3.12. The molecular formula is C19H21F3N4O2S. The van der Waals surface area contributed by atoms with Crippen LogP contribution < -0.4 is 10.6 Å². The van der Waals surface area contributed by atoms with Gasteiger partial charge in [-0.25, -0.2) is 4.98 Å². The van der Waals surface area contributed by atoms with Gasteiger partial charge in [-0.05, 0) is 18.6 Å². The molecule has 3 rings (SSSR count). The predicted molar refractivity (Wildman–Crippen MR) is 102 cm³/mol. The first-order valence-electron chi connectivity index (χ1n) is 9.08. The van der Waals surface area contributed by atoms with Gasteiger partial charge >= 0.3 is 6.18 Å². The van der Waals surface area contributed by atoms with E-state index in [1.165, 1.54) is 17.4 Å². The van der Waals surface area contributed by atoms with Crippen molar-refractivity contribution in [2.24, 2.45) is 0 Å². The third kappa shape index (κ3) is 5.77. The summed E-state index contributed by atoms with van der Waals surface area (Å²) in [6, 6.07) is 4.28. The van der Waals surface area contributed by atoms with Crippen molar-refractivity contribution in [1.29, 1.82) is 0 Å². The van der Waals surface area contributed by atoms with Gasteiger partial charge in [0.15, 0.2) is 0 Å². The number of nitrogens with one attached hydrogen (secondary N) is 2. The van der Waals surface area contributed by atoms with Gasteiger partial charge in [-0.15, -0.1) is 11.3 Å². The number of halogens is 3. The van der Waals surface area contributed by atoms with Crippen LogP contribution in [-0.4, -0.2) is 40.8 Å². The summed E-state index contributed by atoms with van der Waals surface area (Å²) in [6.07, 6.45) is -4.50. The Labute approximate surface area is 170 Å². The highest BCUT2D eigenvalue weighted by Gasteiger charge is 2.33. The first kappa shape index (κ1) is 21.3. The number of hydrogen-bond acceptors (Lipinski definition) is 5. The first-order valence-corrected chi connectivity index (χ1v) is 9.96. The van der Waals surface area contributed by atoms with E-state index in [4.69, 9.17) is 0 Å². The molecule has 29 heavy (non-hydrogen) atoms. The van der Waals surface area contributed by atoms with E-state index >= 15 is 0 Å². The molecule has 1 saturated heterocycles. The van der Waals surface area contributed by atoms with Gasteiger partial charge in [0.1, 0.15) is 0 Å². The van der Waals surface area contributed by atoms with Crippen LogP contribution in [0.1, 0.15) is 28.2 Å². The van der Waals surface area contributed by atoms with E-state index in [1.807, 2.05) is 12.3 Å². The second-order valence-corrected chi connectivity index (χ2v) is 7.88. The van der Waals surface area contributed by atoms with Crippen molar-refractivity contribution in [2.45, 2.75) is 38.7 Å². The summed E-state index contributed by atoms with van der Waals surface area (Å²) < 4.78 is 38.8. The van der Waals surface area contributed by atoms with Gasteiger partial charge < -0.3 is 10.6 Å². The number of nitrogens with zero attached hydrogens (tertiary/aromatic N) is 2. The number of aromatic nitrogens is 1. The molecule has 0 radical (unpaired) electrons. The molecule has 1 aliphatic rings. The summed E-state index contributed by atoms with van der Waals surface area (Å²) in [7, 11) is 0. The van der Waals surface area contributed by atoms with Crippen LogP contribution >= 0.6 is 11.3 Å². The Hall–Kier alpha value is -2.46. The summed E-state index contributed by atoms with van der Waals surface area (Å²) in [5, 5.41) is 8.20.